The van der Waals surface area contributed by atoms with Gasteiger partial charge in [0.25, 0.3) is 0 Å². The summed E-state index contributed by atoms with van der Waals surface area (Å²) < 4.78 is 5.27. The molecule has 0 saturated carbocycles. The molecular weight excluding hydrogens is 186 g/mol. The Labute approximate surface area is 89.7 Å². The van der Waals surface area contributed by atoms with Crippen molar-refractivity contribution >= 4 is 10.8 Å². The molecule has 2 aromatic carbocycles. The van der Waals surface area contributed by atoms with Gasteiger partial charge in [0, 0.05) is 0 Å². The van der Waals surface area contributed by atoms with Gasteiger partial charge in [0.05, 0.1) is 7.11 Å². The number of hydrogen-bond acceptors (Lipinski definition) is 2. The van der Waals surface area contributed by atoms with Crippen LogP contribution < -0.4 is 10.5 Å². The van der Waals surface area contributed by atoms with E-state index < -0.39 is 0 Å². The minimum Gasteiger partial charge on any atom is -0.497 e. The topological polar surface area (TPSA) is 35.2 Å². The summed E-state index contributed by atoms with van der Waals surface area (Å²) in [5.74, 6) is 0.900. The van der Waals surface area contributed by atoms with Gasteiger partial charge in [-0.3, -0.25) is 0 Å². The first-order chi connectivity index (χ1) is 7.35. The summed E-state index contributed by atoms with van der Waals surface area (Å²) in [6, 6.07) is 12.4. The highest BCUT2D eigenvalue weighted by Gasteiger charge is 2.03. The first-order valence-corrected chi connectivity index (χ1v) is 5.11. The van der Waals surface area contributed by atoms with Gasteiger partial charge in [-0.1, -0.05) is 24.3 Å². The fourth-order valence-corrected chi connectivity index (χ4v) is 1.84. The van der Waals surface area contributed by atoms with Crippen molar-refractivity contribution in [2.45, 2.75) is 6.42 Å². The maximum absolute atomic E-state index is 5.60. The third-order valence-electron chi connectivity index (χ3n) is 2.57. The first kappa shape index (κ1) is 9.99. The molecule has 0 atom stereocenters. The Morgan fingerprint density at radius 1 is 1.20 bits per heavy atom. The van der Waals surface area contributed by atoms with Gasteiger partial charge in [-0.15, -0.1) is 0 Å². The minimum atomic E-state index is 0.664. The van der Waals surface area contributed by atoms with Crippen LogP contribution in [0, 0.1) is 0 Å². The predicted octanol–water partition coefficient (Wildman–Crippen LogP) is 2.35. The Bertz CT molecular complexity index is 465. The molecule has 0 aromatic heterocycles. The van der Waals surface area contributed by atoms with Crippen molar-refractivity contribution in [1.82, 2.24) is 0 Å². The Balaban J connectivity index is 2.63. The van der Waals surface area contributed by atoms with E-state index in [1.165, 1.54) is 16.3 Å². The van der Waals surface area contributed by atoms with Crippen LogP contribution in [0.5, 0.6) is 5.75 Å². The molecule has 2 nitrogen and oxygen atoms in total. The number of methoxy groups -OCH3 is 1. The second-order valence-corrected chi connectivity index (χ2v) is 3.55. The van der Waals surface area contributed by atoms with Crippen LogP contribution in [0.2, 0.25) is 0 Å². The van der Waals surface area contributed by atoms with Crippen LogP contribution in [0.25, 0.3) is 10.8 Å². The standard InChI is InChI=1S/C13H15NO/c1-15-12-8-10-4-2-3-5-13(10)11(9-12)6-7-14/h2-5,8-9H,6-7,14H2,1H3. The Morgan fingerprint density at radius 3 is 2.73 bits per heavy atom. The van der Waals surface area contributed by atoms with Gasteiger partial charge in [0.1, 0.15) is 5.75 Å². The Hall–Kier alpha value is -1.54. The van der Waals surface area contributed by atoms with E-state index in [1.54, 1.807) is 7.11 Å². The molecule has 0 spiro atoms. The molecule has 0 bridgehead atoms. The SMILES string of the molecule is COc1cc(CCN)c2ccccc2c1. The largest absolute Gasteiger partial charge is 0.497 e. The average molecular weight is 201 g/mol. The lowest BCUT2D eigenvalue weighted by molar-refractivity contribution is 0.415. The lowest BCUT2D eigenvalue weighted by Gasteiger charge is -2.08. The summed E-state index contributed by atoms with van der Waals surface area (Å²) >= 11 is 0. The second kappa shape index (κ2) is 4.32. The molecule has 0 aliphatic rings. The molecule has 0 radical (unpaired) electrons. The van der Waals surface area contributed by atoms with Crippen molar-refractivity contribution in [2.75, 3.05) is 13.7 Å². The highest BCUT2D eigenvalue weighted by atomic mass is 16.5. The lowest BCUT2D eigenvalue weighted by atomic mass is 10.0. The van der Waals surface area contributed by atoms with E-state index in [0.717, 1.165) is 12.2 Å². The predicted molar refractivity (Wildman–Crippen MR) is 63.3 cm³/mol. The van der Waals surface area contributed by atoms with Crippen molar-refractivity contribution in [2.24, 2.45) is 5.73 Å². The molecule has 78 valence electrons. The van der Waals surface area contributed by atoms with Crippen LogP contribution in [-0.2, 0) is 6.42 Å². The van der Waals surface area contributed by atoms with Gasteiger partial charge in [0.15, 0.2) is 0 Å². The molecule has 0 aliphatic carbocycles. The van der Waals surface area contributed by atoms with Crippen LogP contribution in [0.15, 0.2) is 36.4 Å². The van der Waals surface area contributed by atoms with Gasteiger partial charge >= 0.3 is 0 Å². The zero-order valence-corrected chi connectivity index (χ0v) is 8.86. The van der Waals surface area contributed by atoms with E-state index in [-0.39, 0.29) is 0 Å². The van der Waals surface area contributed by atoms with Crippen LogP contribution in [-0.4, -0.2) is 13.7 Å². The number of ether oxygens (including phenoxy) is 1. The molecule has 0 saturated heterocycles. The summed E-state index contributed by atoms with van der Waals surface area (Å²) in [5.41, 5.74) is 6.86. The third-order valence-corrected chi connectivity index (χ3v) is 2.57. The molecule has 0 amide bonds. The monoisotopic (exact) mass is 201 g/mol. The molecule has 0 fully saturated rings. The van der Waals surface area contributed by atoms with Crippen molar-refractivity contribution < 1.29 is 4.74 Å². The van der Waals surface area contributed by atoms with E-state index >= 15 is 0 Å². The Kier molecular flexibility index (Phi) is 2.88. The zero-order valence-electron chi connectivity index (χ0n) is 8.86. The number of benzene rings is 2. The van der Waals surface area contributed by atoms with Gasteiger partial charge in [-0.25, -0.2) is 0 Å². The highest BCUT2D eigenvalue weighted by molar-refractivity contribution is 5.87. The van der Waals surface area contributed by atoms with Crippen LogP contribution >= 0.6 is 0 Å². The molecule has 0 aliphatic heterocycles. The normalized spacial score (nSPS) is 10.5. The van der Waals surface area contributed by atoms with Gasteiger partial charge in [0.2, 0.25) is 0 Å². The van der Waals surface area contributed by atoms with E-state index in [0.29, 0.717) is 6.54 Å². The van der Waals surface area contributed by atoms with Gasteiger partial charge < -0.3 is 10.5 Å². The van der Waals surface area contributed by atoms with E-state index in [1.807, 2.05) is 6.07 Å². The van der Waals surface area contributed by atoms with E-state index in [4.69, 9.17) is 10.5 Å². The summed E-state index contributed by atoms with van der Waals surface area (Å²) in [5, 5.41) is 2.48. The molecular formula is C13H15NO. The van der Waals surface area contributed by atoms with Crippen molar-refractivity contribution in [3.8, 4) is 5.75 Å². The number of nitrogens with two attached hydrogens (primary N) is 1. The smallest absolute Gasteiger partial charge is 0.119 e. The fourth-order valence-electron chi connectivity index (χ4n) is 1.84. The highest BCUT2D eigenvalue weighted by Crippen LogP contribution is 2.25. The minimum absolute atomic E-state index is 0.664. The first-order valence-electron chi connectivity index (χ1n) is 5.11. The van der Waals surface area contributed by atoms with Crippen molar-refractivity contribution in [1.29, 1.82) is 0 Å². The lowest BCUT2D eigenvalue weighted by Crippen LogP contribution is -2.03. The second-order valence-electron chi connectivity index (χ2n) is 3.55. The molecule has 2 rings (SSSR count). The fraction of sp³-hybridized carbons (Fsp3) is 0.231. The summed E-state index contributed by atoms with van der Waals surface area (Å²) in [4.78, 5) is 0. The maximum atomic E-state index is 5.60. The van der Waals surface area contributed by atoms with Crippen LogP contribution in [0.3, 0.4) is 0 Å². The van der Waals surface area contributed by atoms with Crippen molar-refractivity contribution in [3.63, 3.8) is 0 Å². The zero-order chi connectivity index (χ0) is 10.7. The molecule has 2 N–H and O–H groups in total. The molecule has 0 unspecified atom stereocenters. The van der Waals surface area contributed by atoms with E-state index in [9.17, 15) is 0 Å². The number of fused-ring (bicyclic) bond motifs is 1. The van der Waals surface area contributed by atoms with E-state index in [2.05, 4.69) is 30.3 Å². The summed E-state index contributed by atoms with van der Waals surface area (Å²) in [6.45, 7) is 0.664. The summed E-state index contributed by atoms with van der Waals surface area (Å²) in [7, 11) is 1.69. The quantitative estimate of drug-likeness (QED) is 0.827. The van der Waals surface area contributed by atoms with Crippen LogP contribution in [0.1, 0.15) is 5.56 Å². The van der Waals surface area contributed by atoms with Crippen LogP contribution in [0.4, 0.5) is 0 Å². The average Bonchev–Trinajstić information content (AvgIpc) is 2.29. The third kappa shape index (κ3) is 1.95. The van der Waals surface area contributed by atoms with Crippen molar-refractivity contribution in [3.05, 3.63) is 42.0 Å². The van der Waals surface area contributed by atoms with Gasteiger partial charge in [-0.2, -0.15) is 0 Å². The Morgan fingerprint density at radius 2 is 2.00 bits per heavy atom. The molecule has 2 heteroatoms. The molecule has 0 heterocycles. The maximum Gasteiger partial charge on any atom is 0.119 e. The number of rotatable bonds is 3. The molecule has 2 aromatic rings. The molecule has 15 heavy (non-hydrogen) atoms. The summed E-state index contributed by atoms with van der Waals surface area (Å²) in [6.07, 6.45) is 0.887. The van der Waals surface area contributed by atoms with Gasteiger partial charge in [-0.05, 0) is 41.4 Å². The number of hydrogen-bond donors (Lipinski definition) is 1.